The minimum absolute atomic E-state index is 0.0814. The molecule has 0 aliphatic carbocycles. The van der Waals surface area contributed by atoms with Gasteiger partial charge in [-0.15, -0.1) is 0 Å². The second-order valence-electron chi connectivity index (χ2n) is 18.6. The third-order valence-corrected chi connectivity index (χ3v) is 12.6. The van der Waals surface area contributed by atoms with Crippen LogP contribution >= 0.6 is 0 Å². The highest BCUT2D eigenvalue weighted by atomic mass is 16.5. The van der Waals surface area contributed by atoms with E-state index < -0.39 is 18.2 Å². The van der Waals surface area contributed by atoms with Crippen molar-refractivity contribution in [2.75, 3.05) is 6.61 Å². The molecular weight excluding hydrogens is 743 g/mol. The first-order valence-electron chi connectivity index (χ1n) is 26.9. The number of rotatable bonds is 49. The Labute approximate surface area is 374 Å². The predicted octanol–water partition coefficient (Wildman–Crippen LogP) is 16.1. The van der Waals surface area contributed by atoms with Gasteiger partial charge in [-0.3, -0.25) is 9.59 Å². The SMILES string of the molecule is CCCCCCCCC/C=C/CCCCCCCC(=O)OC(CCCCCCCCCCCCC)CC(=O)NC(CO)C(O)CCCCCCCCCCCCCCCC. The van der Waals surface area contributed by atoms with Crippen molar-refractivity contribution in [2.24, 2.45) is 0 Å². The minimum atomic E-state index is -0.783. The van der Waals surface area contributed by atoms with Gasteiger partial charge in [0.05, 0.1) is 25.2 Å². The van der Waals surface area contributed by atoms with E-state index in [2.05, 4.69) is 38.2 Å². The van der Waals surface area contributed by atoms with Crippen LogP contribution in [0.5, 0.6) is 0 Å². The number of unbranched alkanes of at least 4 members (excludes halogenated alkanes) is 35. The highest BCUT2D eigenvalue weighted by Crippen LogP contribution is 2.18. The number of allylic oxidation sites excluding steroid dienone is 2. The van der Waals surface area contributed by atoms with Crippen LogP contribution in [-0.2, 0) is 14.3 Å². The molecule has 0 heterocycles. The Morgan fingerprint density at radius 2 is 0.800 bits per heavy atom. The average Bonchev–Trinajstić information content (AvgIpc) is 3.24. The lowest BCUT2D eigenvalue weighted by molar-refractivity contribution is -0.151. The second kappa shape index (κ2) is 48.6. The molecule has 0 bridgehead atoms. The minimum Gasteiger partial charge on any atom is -0.462 e. The summed E-state index contributed by atoms with van der Waals surface area (Å²) in [6.07, 6.45) is 54.1. The van der Waals surface area contributed by atoms with Crippen LogP contribution in [0.3, 0.4) is 0 Å². The predicted molar refractivity (Wildman–Crippen MR) is 260 cm³/mol. The van der Waals surface area contributed by atoms with Crippen LogP contribution in [0.1, 0.15) is 297 Å². The molecule has 3 N–H and O–H groups in total. The zero-order valence-electron chi connectivity index (χ0n) is 40.6. The summed E-state index contributed by atoms with van der Waals surface area (Å²) in [5, 5.41) is 23.8. The number of carbonyl (C=O) groups is 2. The fourth-order valence-corrected chi connectivity index (χ4v) is 8.49. The average molecular weight is 848 g/mol. The smallest absolute Gasteiger partial charge is 0.306 e. The van der Waals surface area contributed by atoms with E-state index in [9.17, 15) is 19.8 Å². The van der Waals surface area contributed by atoms with E-state index in [-0.39, 0.29) is 24.9 Å². The summed E-state index contributed by atoms with van der Waals surface area (Å²) in [6.45, 7) is 6.50. The van der Waals surface area contributed by atoms with Gasteiger partial charge in [0.25, 0.3) is 0 Å². The topological polar surface area (TPSA) is 95.9 Å². The molecule has 0 rings (SSSR count). The molecule has 6 heteroatoms. The molecule has 0 spiro atoms. The summed E-state index contributed by atoms with van der Waals surface area (Å²) in [4.78, 5) is 26.1. The lowest BCUT2D eigenvalue weighted by atomic mass is 10.0. The van der Waals surface area contributed by atoms with Crippen LogP contribution in [0.4, 0.5) is 0 Å². The number of hydrogen-bond donors (Lipinski definition) is 3. The lowest BCUT2D eigenvalue weighted by Gasteiger charge is -2.24. The maximum atomic E-state index is 13.2. The number of nitrogens with one attached hydrogen (secondary N) is 1. The number of amides is 1. The summed E-state index contributed by atoms with van der Waals surface area (Å²) >= 11 is 0. The van der Waals surface area contributed by atoms with E-state index >= 15 is 0 Å². The van der Waals surface area contributed by atoms with Crippen molar-refractivity contribution in [3.8, 4) is 0 Å². The standard InChI is InChI=1S/C54H105NO5/c1-4-7-10-13-16-19-22-24-26-27-29-32-35-38-41-44-47-54(59)60-50(45-42-39-36-33-30-21-18-15-12-9-6-3)48-53(58)55-51(49-56)52(57)46-43-40-37-34-31-28-25-23-20-17-14-11-8-5-2/h26-27,50-52,56-57H,4-25,28-49H2,1-3H3,(H,55,58)/b27-26+. The Kier molecular flexibility index (Phi) is 47.5. The molecule has 6 nitrogen and oxygen atoms in total. The van der Waals surface area contributed by atoms with Crippen molar-refractivity contribution in [2.45, 2.75) is 315 Å². The molecule has 0 saturated carbocycles. The van der Waals surface area contributed by atoms with E-state index in [0.717, 1.165) is 51.4 Å². The van der Waals surface area contributed by atoms with Crippen LogP contribution in [0.2, 0.25) is 0 Å². The molecule has 0 radical (unpaired) electrons. The van der Waals surface area contributed by atoms with Gasteiger partial charge in [0.15, 0.2) is 0 Å². The third-order valence-electron chi connectivity index (χ3n) is 12.6. The van der Waals surface area contributed by atoms with Gasteiger partial charge >= 0.3 is 5.97 Å². The molecule has 0 aliphatic heterocycles. The zero-order valence-corrected chi connectivity index (χ0v) is 40.6. The molecule has 3 unspecified atom stereocenters. The van der Waals surface area contributed by atoms with Crippen molar-refractivity contribution < 1.29 is 24.5 Å². The third kappa shape index (κ3) is 43.3. The van der Waals surface area contributed by atoms with Gasteiger partial charge in [0.1, 0.15) is 6.10 Å². The van der Waals surface area contributed by atoms with Gasteiger partial charge < -0.3 is 20.3 Å². The molecule has 0 fully saturated rings. The van der Waals surface area contributed by atoms with Gasteiger partial charge in [-0.1, -0.05) is 245 Å². The fraction of sp³-hybridized carbons (Fsp3) is 0.926. The first kappa shape index (κ1) is 58.6. The first-order chi connectivity index (χ1) is 29.5. The van der Waals surface area contributed by atoms with Gasteiger partial charge in [-0.25, -0.2) is 0 Å². The number of ether oxygens (including phenoxy) is 1. The van der Waals surface area contributed by atoms with Crippen LogP contribution in [0, 0.1) is 0 Å². The number of aliphatic hydroxyl groups is 2. The summed E-state index contributed by atoms with van der Waals surface area (Å²) in [6, 6.07) is -0.696. The summed E-state index contributed by atoms with van der Waals surface area (Å²) in [5.41, 5.74) is 0. The second-order valence-corrected chi connectivity index (χ2v) is 18.6. The van der Waals surface area contributed by atoms with Crippen molar-refractivity contribution in [3.05, 3.63) is 12.2 Å². The molecular formula is C54H105NO5. The molecule has 3 atom stereocenters. The normalized spacial score (nSPS) is 13.2. The van der Waals surface area contributed by atoms with E-state index in [0.29, 0.717) is 19.3 Å². The summed E-state index contributed by atoms with van der Waals surface area (Å²) < 4.78 is 5.94. The van der Waals surface area contributed by atoms with Gasteiger partial charge in [0.2, 0.25) is 5.91 Å². The van der Waals surface area contributed by atoms with Crippen molar-refractivity contribution in [3.63, 3.8) is 0 Å². The van der Waals surface area contributed by atoms with Crippen molar-refractivity contribution in [1.82, 2.24) is 5.32 Å². The van der Waals surface area contributed by atoms with Gasteiger partial charge in [-0.2, -0.15) is 0 Å². The molecule has 1 amide bonds. The Bertz CT molecular complexity index is 909. The number of aliphatic hydroxyl groups excluding tert-OH is 2. The zero-order chi connectivity index (χ0) is 43.8. The fourth-order valence-electron chi connectivity index (χ4n) is 8.49. The molecule has 0 aromatic carbocycles. The number of esters is 1. The molecule has 0 aromatic rings. The highest BCUT2D eigenvalue weighted by Gasteiger charge is 2.24. The van der Waals surface area contributed by atoms with Crippen LogP contribution in [-0.4, -0.2) is 46.9 Å². The Balaban J connectivity index is 4.48. The Hall–Kier alpha value is -1.40. The molecule has 0 aromatic heterocycles. The van der Waals surface area contributed by atoms with Crippen LogP contribution in [0.15, 0.2) is 12.2 Å². The van der Waals surface area contributed by atoms with Crippen LogP contribution in [0.25, 0.3) is 0 Å². The number of carbonyl (C=O) groups excluding carboxylic acids is 2. The van der Waals surface area contributed by atoms with Gasteiger partial charge in [0, 0.05) is 6.42 Å². The van der Waals surface area contributed by atoms with Crippen molar-refractivity contribution >= 4 is 11.9 Å². The summed E-state index contributed by atoms with van der Waals surface area (Å²) in [5.74, 6) is -0.466. The first-order valence-corrected chi connectivity index (χ1v) is 26.9. The van der Waals surface area contributed by atoms with E-state index in [1.807, 2.05) is 0 Å². The van der Waals surface area contributed by atoms with E-state index in [1.165, 1.54) is 199 Å². The molecule has 0 saturated heterocycles. The Morgan fingerprint density at radius 1 is 0.467 bits per heavy atom. The highest BCUT2D eigenvalue weighted by molar-refractivity contribution is 5.77. The van der Waals surface area contributed by atoms with E-state index in [4.69, 9.17) is 4.74 Å². The molecule has 356 valence electrons. The van der Waals surface area contributed by atoms with E-state index in [1.54, 1.807) is 0 Å². The largest absolute Gasteiger partial charge is 0.462 e. The maximum Gasteiger partial charge on any atom is 0.306 e. The monoisotopic (exact) mass is 848 g/mol. The maximum absolute atomic E-state index is 13.2. The molecule has 0 aliphatic rings. The molecule has 60 heavy (non-hydrogen) atoms. The number of hydrogen-bond acceptors (Lipinski definition) is 5. The lowest BCUT2D eigenvalue weighted by Crippen LogP contribution is -2.46. The van der Waals surface area contributed by atoms with Gasteiger partial charge in [-0.05, 0) is 51.4 Å². The quantitative estimate of drug-likeness (QED) is 0.0322. The summed E-state index contributed by atoms with van der Waals surface area (Å²) in [7, 11) is 0. The Morgan fingerprint density at radius 3 is 1.18 bits per heavy atom. The van der Waals surface area contributed by atoms with Crippen molar-refractivity contribution in [1.29, 1.82) is 0 Å². The van der Waals surface area contributed by atoms with Crippen LogP contribution < -0.4 is 5.32 Å².